The minimum absolute atomic E-state index is 0.109. The number of urea groups is 1. The van der Waals surface area contributed by atoms with E-state index in [4.69, 9.17) is 14.2 Å². The van der Waals surface area contributed by atoms with E-state index >= 15 is 0 Å². The van der Waals surface area contributed by atoms with Crippen molar-refractivity contribution in [2.75, 3.05) is 31.8 Å². The highest BCUT2D eigenvalue weighted by Gasteiger charge is 2.31. The molecule has 1 atom stereocenters. The van der Waals surface area contributed by atoms with Gasteiger partial charge in [0.15, 0.2) is 11.5 Å². The van der Waals surface area contributed by atoms with Gasteiger partial charge in [-0.25, -0.2) is 4.79 Å². The fourth-order valence-electron chi connectivity index (χ4n) is 3.58. The zero-order valence-electron chi connectivity index (χ0n) is 18.1. The van der Waals surface area contributed by atoms with Gasteiger partial charge in [0.25, 0.3) is 0 Å². The van der Waals surface area contributed by atoms with Crippen molar-refractivity contribution in [1.29, 1.82) is 0 Å². The van der Waals surface area contributed by atoms with Crippen LogP contribution in [0.2, 0.25) is 0 Å². The average molecular weight is 451 g/mol. The minimum Gasteiger partial charge on any atom is -0.495 e. The van der Waals surface area contributed by atoms with Crippen molar-refractivity contribution in [3.63, 3.8) is 0 Å². The number of anilines is 1. The first kappa shape index (κ1) is 21.9. The van der Waals surface area contributed by atoms with Gasteiger partial charge in [-0.15, -0.1) is 11.8 Å². The molecule has 1 aliphatic rings. The van der Waals surface area contributed by atoms with Crippen molar-refractivity contribution in [2.24, 2.45) is 0 Å². The number of nitrogens with one attached hydrogen (secondary N) is 1. The maximum atomic E-state index is 13.0. The molecule has 0 aromatic heterocycles. The molecule has 32 heavy (non-hydrogen) atoms. The number of rotatable bonds is 7. The van der Waals surface area contributed by atoms with Crippen molar-refractivity contribution in [3.05, 3.63) is 83.9 Å². The lowest BCUT2D eigenvalue weighted by atomic mass is 10.1. The van der Waals surface area contributed by atoms with E-state index in [1.807, 2.05) is 77.7 Å². The van der Waals surface area contributed by atoms with E-state index in [0.29, 0.717) is 36.1 Å². The van der Waals surface area contributed by atoms with Crippen LogP contribution in [-0.4, -0.2) is 37.4 Å². The lowest BCUT2D eigenvalue weighted by Gasteiger charge is -2.25. The predicted octanol–water partition coefficient (Wildman–Crippen LogP) is 5.56. The van der Waals surface area contributed by atoms with E-state index in [-0.39, 0.29) is 11.4 Å². The van der Waals surface area contributed by atoms with Crippen LogP contribution in [0.4, 0.5) is 10.5 Å². The maximum absolute atomic E-state index is 13.0. The summed E-state index contributed by atoms with van der Waals surface area (Å²) in [6.07, 6.45) is 0. The Morgan fingerprint density at radius 2 is 1.72 bits per heavy atom. The van der Waals surface area contributed by atoms with Crippen LogP contribution in [0.3, 0.4) is 0 Å². The molecule has 4 rings (SSSR count). The summed E-state index contributed by atoms with van der Waals surface area (Å²) < 4.78 is 16.9. The van der Waals surface area contributed by atoms with Crippen LogP contribution in [0, 0.1) is 0 Å². The Bertz CT molecular complexity index is 1060. The first-order valence-electron chi connectivity index (χ1n) is 10.4. The normalized spacial score (nSPS) is 15.3. The molecule has 1 saturated heterocycles. The SMILES string of the molecule is COc1ccccc1NC(=O)N1CCSC1c1ccc(OCc2ccccc2)c(OC)c1. The number of hydrogen-bond donors (Lipinski definition) is 1. The van der Waals surface area contributed by atoms with Gasteiger partial charge in [-0.2, -0.15) is 0 Å². The van der Waals surface area contributed by atoms with E-state index in [1.165, 1.54) is 0 Å². The Morgan fingerprint density at radius 1 is 0.969 bits per heavy atom. The Labute approximate surface area is 192 Å². The monoisotopic (exact) mass is 450 g/mol. The molecule has 0 saturated carbocycles. The van der Waals surface area contributed by atoms with E-state index in [0.717, 1.165) is 16.9 Å². The number of ether oxygens (including phenoxy) is 3. The van der Waals surface area contributed by atoms with Gasteiger partial charge in [0.1, 0.15) is 17.7 Å². The van der Waals surface area contributed by atoms with Crippen LogP contribution < -0.4 is 19.5 Å². The van der Waals surface area contributed by atoms with Crippen molar-refractivity contribution in [3.8, 4) is 17.2 Å². The zero-order chi connectivity index (χ0) is 22.3. The fraction of sp³-hybridized carbons (Fsp3) is 0.240. The second-order valence-electron chi connectivity index (χ2n) is 7.23. The molecule has 1 N–H and O–H groups in total. The zero-order valence-corrected chi connectivity index (χ0v) is 18.9. The fourth-order valence-corrected chi connectivity index (χ4v) is 4.83. The van der Waals surface area contributed by atoms with E-state index < -0.39 is 0 Å². The van der Waals surface area contributed by atoms with Gasteiger partial charge in [0, 0.05) is 12.3 Å². The molecule has 7 heteroatoms. The molecule has 1 heterocycles. The molecule has 2 amide bonds. The number of hydrogen-bond acceptors (Lipinski definition) is 5. The molecule has 166 valence electrons. The molecule has 1 fully saturated rings. The molecule has 0 radical (unpaired) electrons. The lowest BCUT2D eigenvalue weighted by Crippen LogP contribution is -2.34. The molecule has 6 nitrogen and oxygen atoms in total. The number of nitrogens with zero attached hydrogens (tertiary/aromatic N) is 1. The highest BCUT2D eigenvalue weighted by atomic mass is 32.2. The van der Waals surface area contributed by atoms with Gasteiger partial charge in [0.05, 0.1) is 19.9 Å². The highest BCUT2D eigenvalue weighted by molar-refractivity contribution is 7.99. The van der Waals surface area contributed by atoms with Gasteiger partial charge in [-0.1, -0.05) is 48.5 Å². The second-order valence-corrected chi connectivity index (χ2v) is 8.42. The average Bonchev–Trinajstić information content (AvgIpc) is 3.34. The lowest BCUT2D eigenvalue weighted by molar-refractivity contribution is 0.214. The number of amides is 2. The van der Waals surface area contributed by atoms with Crippen molar-refractivity contribution < 1.29 is 19.0 Å². The van der Waals surface area contributed by atoms with Crippen LogP contribution in [0.15, 0.2) is 72.8 Å². The summed E-state index contributed by atoms with van der Waals surface area (Å²) in [5, 5.41) is 2.86. The Morgan fingerprint density at radius 3 is 2.50 bits per heavy atom. The van der Waals surface area contributed by atoms with Gasteiger partial charge in [0.2, 0.25) is 0 Å². The van der Waals surface area contributed by atoms with Crippen LogP contribution in [-0.2, 0) is 6.61 Å². The molecule has 0 bridgehead atoms. The summed E-state index contributed by atoms with van der Waals surface area (Å²) >= 11 is 1.73. The molecule has 0 spiro atoms. The first-order chi connectivity index (χ1) is 15.7. The molecule has 1 unspecified atom stereocenters. The van der Waals surface area contributed by atoms with Crippen molar-refractivity contribution >= 4 is 23.5 Å². The Hall–Kier alpha value is -3.32. The summed E-state index contributed by atoms with van der Waals surface area (Å²) in [4.78, 5) is 14.9. The number of carbonyl (C=O) groups is 1. The van der Waals surface area contributed by atoms with E-state index in [2.05, 4.69) is 5.32 Å². The quantitative estimate of drug-likeness (QED) is 0.511. The standard InChI is InChI=1S/C25H26N2O4S/c1-29-21-11-7-6-10-20(21)26-25(28)27-14-15-32-24(27)19-12-13-22(23(16-19)30-2)31-17-18-8-4-3-5-9-18/h3-13,16,24H,14-15,17H2,1-2H3,(H,26,28). The second kappa shape index (κ2) is 10.3. The molecule has 3 aromatic rings. The van der Waals surface area contributed by atoms with Crippen LogP contribution in [0.1, 0.15) is 16.5 Å². The molecular formula is C25H26N2O4S. The largest absolute Gasteiger partial charge is 0.495 e. The van der Waals surface area contributed by atoms with E-state index in [9.17, 15) is 4.79 Å². The smallest absolute Gasteiger partial charge is 0.323 e. The van der Waals surface area contributed by atoms with Crippen molar-refractivity contribution in [2.45, 2.75) is 12.0 Å². The summed E-state index contributed by atoms with van der Waals surface area (Å²) in [6, 6.07) is 23.1. The number of thioether (sulfide) groups is 1. The third-order valence-electron chi connectivity index (χ3n) is 5.21. The summed E-state index contributed by atoms with van der Waals surface area (Å²) in [5.74, 6) is 2.81. The van der Waals surface area contributed by atoms with Gasteiger partial charge in [-0.3, -0.25) is 0 Å². The predicted molar refractivity (Wildman–Crippen MR) is 128 cm³/mol. The number of benzene rings is 3. The molecule has 1 aliphatic heterocycles. The number of carbonyl (C=O) groups excluding carboxylic acids is 1. The van der Waals surface area contributed by atoms with Gasteiger partial charge >= 0.3 is 6.03 Å². The minimum atomic E-state index is -0.159. The number of methoxy groups -OCH3 is 2. The highest BCUT2D eigenvalue weighted by Crippen LogP contribution is 2.41. The topological polar surface area (TPSA) is 60.0 Å². The van der Waals surface area contributed by atoms with Gasteiger partial charge < -0.3 is 24.4 Å². The molecule has 0 aliphatic carbocycles. The van der Waals surface area contributed by atoms with Gasteiger partial charge in [-0.05, 0) is 35.4 Å². The summed E-state index contributed by atoms with van der Waals surface area (Å²) in [6.45, 7) is 1.12. The van der Waals surface area contributed by atoms with Crippen LogP contribution in [0.5, 0.6) is 17.2 Å². The van der Waals surface area contributed by atoms with Crippen molar-refractivity contribution in [1.82, 2.24) is 4.90 Å². The Balaban J connectivity index is 1.48. The first-order valence-corrected chi connectivity index (χ1v) is 11.4. The third-order valence-corrected chi connectivity index (χ3v) is 6.47. The van der Waals surface area contributed by atoms with E-state index in [1.54, 1.807) is 26.0 Å². The third kappa shape index (κ3) is 4.94. The Kier molecular flexibility index (Phi) is 7.07. The molecule has 3 aromatic carbocycles. The number of para-hydroxylation sites is 2. The summed E-state index contributed by atoms with van der Waals surface area (Å²) in [5.41, 5.74) is 2.73. The summed E-state index contributed by atoms with van der Waals surface area (Å²) in [7, 11) is 3.22. The van der Waals surface area contributed by atoms with Crippen LogP contribution in [0.25, 0.3) is 0 Å². The van der Waals surface area contributed by atoms with Crippen LogP contribution >= 0.6 is 11.8 Å². The maximum Gasteiger partial charge on any atom is 0.323 e. The molecular weight excluding hydrogens is 424 g/mol.